The number of aromatic nitrogens is 1. The van der Waals surface area contributed by atoms with Crippen molar-refractivity contribution in [2.24, 2.45) is 0 Å². The van der Waals surface area contributed by atoms with Crippen molar-refractivity contribution in [3.63, 3.8) is 0 Å². The lowest BCUT2D eigenvalue weighted by Gasteiger charge is -2.05. The number of aryl methyl sites for hydroxylation is 1. The Bertz CT molecular complexity index is 520. The van der Waals surface area contributed by atoms with Crippen LogP contribution in [0.4, 0.5) is 17.2 Å². The molecule has 17 heavy (non-hydrogen) atoms. The summed E-state index contributed by atoms with van der Waals surface area (Å²) < 4.78 is 0. The van der Waals surface area contributed by atoms with E-state index >= 15 is 0 Å². The Morgan fingerprint density at radius 2 is 1.88 bits per heavy atom. The number of hydrogen-bond acceptors (Lipinski definition) is 4. The maximum Gasteiger partial charge on any atom is 0.287 e. The molecule has 0 aliphatic rings. The van der Waals surface area contributed by atoms with E-state index < -0.39 is 4.92 Å². The minimum atomic E-state index is -0.470. The molecule has 86 valence electrons. The zero-order valence-corrected chi connectivity index (χ0v) is 9.25. The molecular weight excluding hydrogens is 218 g/mol. The van der Waals surface area contributed by atoms with Gasteiger partial charge in [-0.2, -0.15) is 0 Å². The lowest BCUT2D eigenvalue weighted by Crippen LogP contribution is -1.94. The summed E-state index contributed by atoms with van der Waals surface area (Å²) in [5.74, 6) is 0.583. The predicted octanol–water partition coefficient (Wildman–Crippen LogP) is 3.04. The second-order valence-electron chi connectivity index (χ2n) is 3.65. The molecule has 0 fully saturated rings. The summed E-state index contributed by atoms with van der Waals surface area (Å²) in [6, 6.07) is 10.8. The van der Waals surface area contributed by atoms with Gasteiger partial charge in [-0.1, -0.05) is 17.7 Å². The highest BCUT2D eigenvalue weighted by Gasteiger charge is 2.04. The smallest absolute Gasteiger partial charge is 0.287 e. The number of hydrogen-bond donors (Lipinski definition) is 1. The van der Waals surface area contributed by atoms with Gasteiger partial charge in [0.25, 0.3) is 5.69 Å². The lowest BCUT2D eigenvalue weighted by atomic mass is 10.2. The van der Waals surface area contributed by atoms with Crippen LogP contribution in [0.25, 0.3) is 0 Å². The van der Waals surface area contributed by atoms with Gasteiger partial charge in [-0.3, -0.25) is 10.1 Å². The molecule has 0 saturated carbocycles. The van der Waals surface area contributed by atoms with Crippen LogP contribution in [0.1, 0.15) is 5.56 Å². The fraction of sp³-hybridized carbons (Fsp3) is 0.0833. The van der Waals surface area contributed by atoms with Gasteiger partial charge in [0.1, 0.15) is 12.0 Å². The SMILES string of the molecule is Cc1ccc(Nc2ccc([N+](=O)[O-])cn2)cc1. The summed E-state index contributed by atoms with van der Waals surface area (Å²) in [5.41, 5.74) is 2.06. The fourth-order valence-corrected chi connectivity index (χ4v) is 1.35. The third-order valence-corrected chi connectivity index (χ3v) is 2.28. The highest BCUT2D eigenvalue weighted by atomic mass is 16.6. The van der Waals surface area contributed by atoms with E-state index in [4.69, 9.17) is 0 Å². The average Bonchev–Trinajstić information content (AvgIpc) is 2.33. The fourth-order valence-electron chi connectivity index (χ4n) is 1.35. The van der Waals surface area contributed by atoms with Gasteiger partial charge < -0.3 is 5.32 Å². The van der Waals surface area contributed by atoms with Crippen molar-refractivity contribution in [1.29, 1.82) is 0 Å². The van der Waals surface area contributed by atoms with Gasteiger partial charge in [0, 0.05) is 11.8 Å². The number of nitro groups is 1. The number of benzene rings is 1. The lowest BCUT2D eigenvalue weighted by molar-refractivity contribution is -0.385. The molecule has 1 aromatic carbocycles. The molecule has 5 heteroatoms. The molecule has 2 aromatic rings. The molecule has 1 N–H and O–H groups in total. The quantitative estimate of drug-likeness (QED) is 0.648. The summed E-state index contributed by atoms with van der Waals surface area (Å²) >= 11 is 0. The van der Waals surface area contributed by atoms with Gasteiger partial charge >= 0.3 is 0 Å². The first kappa shape index (κ1) is 11.1. The predicted molar refractivity (Wildman–Crippen MR) is 65.4 cm³/mol. The van der Waals surface area contributed by atoms with Crippen LogP contribution in [0.5, 0.6) is 0 Å². The van der Waals surface area contributed by atoms with Crippen molar-refractivity contribution in [3.05, 3.63) is 58.3 Å². The summed E-state index contributed by atoms with van der Waals surface area (Å²) in [4.78, 5) is 13.9. The molecule has 0 unspecified atom stereocenters. The Hall–Kier alpha value is -2.43. The van der Waals surface area contributed by atoms with Crippen molar-refractivity contribution in [2.75, 3.05) is 5.32 Å². The minimum absolute atomic E-state index is 0.0144. The first-order valence-electron chi connectivity index (χ1n) is 5.09. The molecule has 0 atom stereocenters. The summed E-state index contributed by atoms with van der Waals surface area (Å²) in [6.45, 7) is 2.01. The van der Waals surface area contributed by atoms with E-state index in [-0.39, 0.29) is 5.69 Å². The zero-order valence-electron chi connectivity index (χ0n) is 9.25. The molecule has 5 nitrogen and oxygen atoms in total. The highest BCUT2D eigenvalue weighted by Crippen LogP contribution is 2.17. The van der Waals surface area contributed by atoms with Crippen LogP contribution < -0.4 is 5.32 Å². The Morgan fingerprint density at radius 3 is 2.41 bits per heavy atom. The van der Waals surface area contributed by atoms with Crippen LogP contribution in [0.15, 0.2) is 42.6 Å². The zero-order chi connectivity index (χ0) is 12.3. The van der Waals surface area contributed by atoms with Crippen LogP contribution in [-0.2, 0) is 0 Å². The topological polar surface area (TPSA) is 68.1 Å². The molecule has 1 aromatic heterocycles. The Kier molecular flexibility index (Phi) is 3.00. The normalized spacial score (nSPS) is 9.94. The average molecular weight is 229 g/mol. The third kappa shape index (κ3) is 2.78. The molecule has 0 bridgehead atoms. The van der Waals surface area contributed by atoms with Crippen molar-refractivity contribution in [1.82, 2.24) is 4.98 Å². The largest absolute Gasteiger partial charge is 0.340 e. The maximum atomic E-state index is 10.5. The molecule has 1 heterocycles. The van der Waals surface area contributed by atoms with Crippen molar-refractivity contribution >= 4 is 17.2 Å². The number of rotatable bonds is 3. The van der Waals surface area contributed by atoms with E-state index in [1.807, 2.05) is 31.2 Å². The van der Waals surface area contributed by atoms with E-state index in [0.29, 0.717) is 5.82 Å². The molecule has 2 rings (SSSR count). The third-order valence-electron chi connectivity index (χ3n) is 2.28. The minimum Gasteiger partial charge on any atom is -0.340 e. The molecule has 0 radical (unpaired) electrons. The standard InChI is InChI=1S/C12H11N3O2/c1-9-2-4-10(5-3-9)14-12-7-6-11(8-13-12)15(16)17/h2-8H,1H3,(H,13,14). The van der Waals surface area contributed by atoms with Gasteiger partial charge in [0.05, 0.1) is 4.92 Å². The molecule has 0 saturated heterocycles. The van der Waals surface area contributed by atoms with Crippen LogP contribution in [0, 0.1) is 17.0 Å². The highest BCUT2D eigenvalue weighted by molar-refractivity contribution is 5.57. The van der Waals surface area contributed by atoms with Gasteiger partial charge in [-0.15, -0.1) is 0 Å². The Morgan fingerprint density at radius 1 is 1.18 bits per heavy atom. The second-order valence-corrected chi connectivity index (χ2v) is 3.65. The van der Waals surface area contributed by atoms with E-state index in [9.17, 15) is 10.1 Å². The molecule has 0 aliphatic heterocycles. The monoisotopic (exact) mass is 229 g/mol. The van der Waals surface area contributed by atoms with Gasteiger partial charge in [0.15, 0.2) is 0 Å². The van der Waals surface area contributed by atoms with E-state index in [2.05, 4.69) is 10.3 Å². The van der Waals surface area contributed by atoms with E-state index in [1.54, 1.807) is 6.07 Å². The summed E-state index contributed by atoms with van der Waals surface area (Å²) in [7, 11) is 0. The van der Waals surface area contributed by atoms with Gasteiger partial charge in [-0.05, 0) is 25.1 Å². The van der Waals surface area contributed by atoms with Crippen molar-refractivity contribution in [3.8, 4) is 0 Å². The van der Waals surface area contributed by atoms with Crippen LogP contribution in [0.2, 0.25) is 0 Å². The molecule has 0 aliphatic carbocycles. The molecule has 0 amide bonds. The Balaban J connectivity index is 2.13. The van der Waals surface area contributed by atoms with Crippen LogP contribution >= 0.6 is 0 Å². The first-order chi connectivity index (χ1) is 8.15. The van der Waals surface area contributed by atoms with Crippen molar-refractivity contribution < 1.29 is 4.92 Å². The summed E-state index contributed by atoms with van der Waals surface area (Å²) in [5, 5.41) is 13.5. The van der Waals surface area contributed by atoms with Crippen molar-refractivity contribution in [2.45, 2.75) is 6.92 Å². The first-order valence-corrected chi connectivity index (χ1v) is 5.09. The number of anilines is 2. The molecule has 0 spiro atoms. The maximum absolute atomic E-state index is 10.5. The van der Waals surface area contributed by atoms with Gasteiger partial charge in [-0.25, -0.2) is 4.98 Å². The van der Waals surface area contributed by atoms with E-state index in [1.165, 1.54) is 17.8 Å². The van der Waals surface area contributed by atoms with Crippen LogP contribution in [-0.4, -0.2) is 9.91 Å². The van der Waals surface area contributed by atoms with Crippen LogP contribution in [0.3, 0.4) is 0 Å². The number of nitrogens with one attached hydrogen (secondary N) is 1. The second kappa shape index (κ2) is 4.61. The Labute approximate surface area is 98.3 Å². The number of pyridine rings is 1. The van der Waals surface area contributed by atoms with Gasteiger partial charge in [0.2, 0.25) is 0 Å². The summed E-state index contributed by atoms with van der Waals surface area (Å²) in [6.07, 6.45) is 1.23. The number of nitrogens with zero attached hydrogens (tertiary/aromatic N) is 2. The van der Waals surface area contributed by atoms with E-state index in [0.717, 1.165) is 5.69 Å². The molecular formula is C12H11N3O2.